The second kappa shape index (κ2) is 12.9. The van der Waals surface area contributed by atoms with E-state index in [4.69, 9.17) is 4.74 Å². The molecule has 2 aromatic rings. The van der Waals surface area contributed by atoms with Gasteiger partial charge in [-0.15, -0.1) is 35.3 Å². The molecule has 0 aliphatic carbocycles. The molecule has 1 aromatic carbocycles. The summed E-state index contributed by atoms with van der Waals surface area (Å²) in [6.07, 6.45) is 3.94. The number of aromatic nitrogens is 1. The first kappa shape index (κ1) is 23.7. The van der Waals surface area contributed by atoms with Gasteiger partial charge in [0.15, 0.2) is 5.96 Å². The Kier molecular flexibility index (Phi) is 11.3. The maximum absolute atomic E-state index is 5.71. The van der Waals surface area contributed by atoms with Gasteiger partial charge < -0.3 is 15.4 Å². The van der Waals surface area contributed by atoms with Crippen molar-refractivity contribution < 1.29 is 4.74 Å². The van der Waals surface area contributed by atoms with Gasteiger partial charge in [0, 0.05) is 37.6 Å². The predicted molar refractivity (Wildman–Crippen MR) is 126 cm³/mol. The quantitative estimate of drug-likeness (QED) is 0.306. The number of nitrogens with zero attached hydrogens (tertiary/aromatic N) is 2. The summed E-state index contributed by atoms with van der Waals surface area (Å²) < 4.78 is 5.71. The number of benzene rings is 1. The molecular formula is C20H31IN4OS. The third kappa shape index (κ3) is 8.92. The monoisotopic (exact) mass is 502 g/mol. The fraction of sp³-hybridized carbons (Fsp3) is 0.500. The second-order valence-corrected chi connectivity index (χ2v) is 7.72. The Hall–Kier alpha value is -1.35. The second-order valence-electron chi connectivity index (χ2n) is 6.53. The van der Waals surface area contributed by atoms with Crippen molar-refractivity contribution in [2.45, 2.75) is 40.2 Å². The van der Waals surface area contributed by atoms with Crippen LogP contribution in [0, 0.1) is 5.92 Å². The molecule has 2 N–H and O–H groups in total. The molecule has 0 saturated carbocycles. The first-order chi connectivity index (χ1) is 12.6. The summed E-state index contributed by atoms with van der Waals surface area (Å²) in [6, 6.07) is 8.20. The SMILES string of the molecule is CCc1cnc(CCNC(=NC)NCc2ccc(OCC(C)C)cc2)s1.I. The van der Waals surface area contributed by atoms with Crippen LogP contribution in [-0.2, 0) is 19.4 Å². The Morgan fingerprint density at radius 2 is 1.96 bits per heavy atom. The lowest BCUT2D eigenvalue weighted by atomic mass is 10.2. The Bertz CT molecular complexity index is 686. The number of thiazole rings is 1. The van der Waals surface area contributed by atoms with Gasteiger partial charge in [0.05, 0.1) is 11.6 Å². The lowest BCUT2D eigenvalue weighted by molar-refractivity contribution is 0.271. The van der Waals surface area contributed by atoms with Gasteiger partial charge in [-0.05, 0) is 30.0 Å². The molecule has 5 nitrogen and oxygen atoms in total. The van der Waals surface area contributed by atoms with Crippen LogP contribution >= 0.6 is 35.3 Å². The molecule has 27 heavy (non-hydrogen) atoms. The van der Waals surface area contributed by atoms with Crippen LogP contribution < -0.4 is 15.4 Å². The van der Waals surface area contributed by atoms with Gasteiger partial charge in [-0.3, -0.25) is 4.99 Å². The number of hydrogen-bond donors (Lipinski definition) is 2. The smallest absolute Gasteiger partial charge is 0.191 e. The molecule has 0 spiro atoms. The first-order valence-electron chi connectivity index (χ1n) is 9.20. The number of aryl methyl sites for hydroxylation is 1. The molecule has 0 unspecified atom stereocenters. The summed E-state index contributed by atoms with van der Waals surface area (Å²) in [5.74, 6) is 2.25. The van der Waals surface area contributed by atoms with Crippen LogP contribution in [0.4, 0.5) is 0 Å². The van der Waals surface area contributed by atoms with Crippen LogP contribution in [0.5, 0.6) is 5.75 Å². The van der Waals surface area contributed by atoms with Crippen molar-refractivity contribution in [3.05, 3.63) is 45.9 Å². The minimum Gasteiger partial charge on any atom is -0.493 e. The van der Waals surface area contributed by atoms with E-state index in [0.717, 1.165) is 44.2 Å². The highest BCUT2D eigenvalue weighted by molar-refractivity contribution is 14.0. The number of aliphatic imine (C=N–C) groups is 1. The molecule has 0 aliphatic rings. The zero-order chi connectivity index (χ0) is 18.8. The minimum atomic E-state index is 0. The number of rotatable bonds is 9. The van der Waals surface area contributed by atoms with E-state index in [1.807, 2.05) is 18.3 Å². The van der Waals surface area contributed by atoms with Gasteiger partial charge >= 0.3 is 0 Å². The predicted octanol–water partition coefficient (Wildman–Crippen LogP) is 4.27. The first-order valence-corrected chi connectivity index (χ1v) is 10.0. The zero-order valence-corrected chi connectivity index (χ0v) is 19.8. The Balaban J connectivity index is 0.00000364. The van der Waals surface area contributed by atoms with Crippen molar-refractivity contribution in [1.82, 2.24) is 15.6 Å². The van der Waals surface area contributed by atoms with Crippen molar-refractivity contribution in [2.24, 2.45) is 10.9 Å². The Morgan fingerprint density at radius 1 is 1.22 bits per heavy atom. The molecule has 0 fully saturated rings. The molecule has 150 valence electrons. The molecule has 1 aromatic heterocycles. The molecule has 0 aliphatic heterocycles. The third-order valence-corrected chi connectivity index (χ3v) is 4.97. The molecule has 1 heterocycles. The van der Waals surface area contributed by atoms with E-state index in [1.165, 1.54) is 15.4 Å². The van der Waals surface area contributed by atoms with Crippen molar-refractivity contribution in [1.29, 1.82) is 0 Å². The average Bonchev–Trinajstić information content (AvgIpc) is 3.11. The highest BCUT2D eigenvalue weighted by Gasteiger charge is 2.03. The average molecular weight is 502 g/mol. The highest BCUT2D eigenvalue weighted by atomic mass is 127. The number of hydrogen-bond acceptors (Lipinski definition) is 4. The minimum absolute atomic E-state index is 0. The number of guanidine groups is 1. The van der Waals surface area contributed by atoms with E-state index in [1.54, 1.807) is 18.4 Å². The highest BCUT2D eigenvalue weighted by Crippen LogP contribution is 2.14. The summed E-state index contributed by atoms with van der Waals surface area (Å²) >= 11 is 1.79. The van der Waals surface area contributed by atoms with Gasteiger partial charge in [0.1, 0.15) is 5.75 Å². The molecule has 2 rings (SSSR count). The summed E-state index contributed by atoms with van der Waals surface area (Å²) in [6.45, 7) is 8.74. The van der Waals surface area contributed by atoms with Crippen LogP contribution in [0.1, 0.15) is 36.2 Å². The van der Waals surface area contributed by atoms with Gasteiger partial charge in [-0.25, -0.2) is 4.98 Å². The number of nitrogens with one attached hydrogen (secondary N) is 2. The zero-order valence-electron chi connectivity index (χ0n) is 16.6. The van der Waals surface area contributed by atoms with Gasteiger partial charge in [0.2, 0.25) is 0 Å². The van der Waals surface area contributed by atoms with Crippen molar-refractivity contribution in [3.8, 4) is 5.75 Å². The maximum atomic E-state index is 5.71. The van der Waals surface area contributed by atoms with E-state index in [9.17, 15) is 0 Å². The van der Waals surface area contributed by atoms with Crippen molar-refractivity contribution >= 4 is 41.3 Å². The van der Waals surface area contributed by atoms with E-state index >= 15 is 0 Å². The van der Waals surface area contributed by atoms with Crippen LogP contribution in [0.3, 0.4) is 0 Å². The lowest BCUT2D eigenvalue weighted by Gasteiger charge is -2.12. The van der Waals surface area contributed by atoms with Crippen LogP contribution in [0.15, 0.2) is 35.5 Å². The fourth-order valence-electron chi connectivity index (χ4n) is 2.29. The van der Waals surface area contributed by atoms with E-state index < -0.39 is 0 Å². The van der Waals surface area contributed by atoms with Crippen LogP contribution in [0.2, 0.25) is 0 Å². The number of halogens is 1. The van der Waals surface area contributed by atoms with Gasteiger partial charge in [-0.1, -0.05) is 32.9 Å². The topological polar surface area (TPSA) is 58.5 Å². The Morgan fingerprint density at radius 3 is 2.56 bits per heavy atom. The fourth-order valence-corrected chi connectivity index (χ4v) is 3.15. The molecule has 0 atom stereocenters. The molecular weight excluding hydrogens is 471 g/mol. The molecule has 7 heteroatoms. The van der Waals surface area contributed by atoms with Crippen molar-refractivity contribution in [2.75, 3.05) is 20.2 Å². The molecule has 0 bridgehead atoms. The molecule has 0 radical (unpaired) electrons. The standard InChI is InChI=1S/C20H30N4OS.HI/c1-5-18-13-23-19(26-18)10-11-22-20(21-4)24-12-16-6-8-17(9-7-16)25-14-15(2)3;/h6-9,13,15H,5,10-12,14H2,1-4H3,(H2,21,22,24);1H. The molecule has 0 amide bonds. The lowest BCUT2D eigenvalue weighted by Crippen LogP contribution is -2.37. The molecule has 0 saturated heterocycles. The van der Waals surface area contributed by atoms with Crippen molar-refractivity contribution in [3.63, 3.8) is 0 Å². The third-order valence-electron chi connectivity index (χ3n) is 3.77. The van der Waals surface area contributed by atoms with Crippen LogP contribution in [0.25, 0.3) is 0 Å². The maximum Gasteiger partial charge on any atom is 0.191 e. The van der Waals surface area contributed by atoms with E-state index in [0.29, 0.717) is 5.92 Å². The Labute approximate surface area is 184 Å². The summed E-state index contributed by atoms with van der Waals surface area (Å²) in [4.78, 5) is 10.1. The summed E-state index contributed by atoms with van der Waals surface area (Å²) in [7, 11) is 1.79. The van der Waals surface area contributed by atoms with Crippen LogP contribution in [-0.4, -0.2) is 31.1 Å². The van der Waals surface area contributed by atoms with E-state index in [2.05, 4.69) is 53.5 Å². The number of ether oxygens (including phenoxy) is 1. The van der Waals surface area contributed by atoms with Gasteiger partial charge in [-0.2, -0.15) is 0 Å². The summed E-state index contributed by atoms with van der Waals surface area (Å²) in [5.41, 5.74) is 1.19. The summed E-state index contributed by atoms with van der Waals surface area (Å²) in [5, 5.41) is 7.85. The normalized spacial score (nSPS) is 11.2. The van der Waals surface area contributed by atoms with E-state index in [-0.39, 0.29) is 24.0 Å². The van der Waals surface area contributed by atoms with Gasteiger partial charge in [0.25, 0.3) is 0 Å². The largest absolute Gasteiger partial charge is 0.493 e.